The number of para-hydroxylation sites is 1. The molecule has 1 fully saturated rings. The van der Waals surface area contributed by atoms with Crippen LogP contribution >= 0.6 is 0 Å². The van der Waals surface area contributed by atoms with Crippen molar-refractivity contribution in [1.29, 1.82) is 0 Å². The van der Waals surface area contributed by atoms with Gasteiger partial charge < -0.3 is 15.0 Å². The zero-order valence-electron chi connectivity index (χ0n) is 16.4. The lowest BCUT2D eigenvalue weighted by atomic mass is 9.94. The quantitative estimate of drug-likeness (QED) is 0.648. The van der Waals surface area contributed by atoms with Gasteiger partial charge in [-0.2, -0.15) is 0 Å². The maximum absolute atomic E-state index is 13.5. The van der Waals surface area contributed by atoms with Gasteiger partial charge in [0.05, 0.1) is 0 Å². The number of likely N-dealkylation sites (tertiary alicyclic amines) is 1. The molecule has 1 aliphatic heterocycles. The number of piperidine rings is 1. The average Bonchev–Trinajstić information content (AvgIpc) is 2.65. The highest BCUT2D eigenvalue weighted by Crippen LogP contribution is 2.19. The molecule has 0 bridgehead atoms. The van der Waals surface area contributed by atoms with Gasteiger partial charge in [0.1, 0.15) is 11.8 Å². The highest BCUT2D eigenvalue weighted by atomic mass is 32.2. The molecular formula is C19H25FN2O6S. The van der Waals surface area contributed by atoms with Crippen molar-refractivity contribution in [3.63, 3.8) is 0 Å². The Kier molecular flexibility index (Phi) is 7.72. The fourth-order valence-corrected chi connectivity index (χ4v) is 3.89. The lowest BCUT2D eigenvalue weighted by molar-refractivity contribution is -0.139. The summed E-state index contributed by atoms with van der Waals surface area (Å²) in [6.07, 6.45) is 2.09. The Balaban J connectivity index is 1.86. The van der Waals surface area contributed by atoms with E-state index in [9.17, 15) is 27.2 Å². The van der Waals surface area contributed by atoms with Gasteiger partial charge in [-0.25, -0.2) is 12.8 Å². The van der Waals surface area contributed by atoms with Crippen molar-refractivity contribution >= 4 is 27.4 Å². The van der Waals surface area contributed by atoms with Gasteiger partial charge in [0.15, 0.2) is 33.8 Å². The van der Waals surface area contributed by atoms with E-state index in [1.807, 2.05) is 0 Å². The Labute approximate surface area is 169 Å². The summed E-state index contributed by atoms with van der Waals surface area (Å²) >= 11 is 0. The largest absolute Gasteiger partial charge is 0.481 e. The van der Waals surface area contributed by atoms with Gasteiger partial charge in [0, 0.05) is 25.3 Å². The maximum atomic E-state index is 13.5. The van der Waals surface area contributed by atoms with Gasteiger partial charge in [-0.1, -0.05) is 12.1 Å². The van der Waals surface area contributed by atoms with Crippen LogP contribution < -0.4 is 10.1 Å². The van der Waals surface area contributed by atoms with E-state index in [4.69, 9.17) is 4.74 Å². The number of amides is 2. The summed E-state index contributed by atoms with van der Waals surface area (Å²) < 4.78 is 41.3. The second kappa shape index (κ2) is 9.82. The SMILES string of the molecule is C[C@@H](NC(=O)COc1ccccc1F)C(=O)N1CCC[C@H](C(=O)CS(C)(=O)=O)C1. The van der Waals surface area contributed by atoms with Crippen LogP contribution in [0.15, 0.2) is 24.3 Å². The molecule has 29 heavy (non-hydrogen) atoms. The third-order valence-electron chi connectivity index (χ3n) is 4.54. The lowest BCUT2D eigenvalue weighted by Gasteiger charge is -2.33. The highest BCUT2D eigenvalue weighted by molar-refractivity contribution is 7.91. The molecule has 0 radical (unpaired) electrons. The second-order valence-electron chi connectivity index (χ2n) is 7.17. The Morgan fingerprint density at radius 2 is 2.00 bits per heavy atom. The van der Waals surface area contributed by atoms with Crippen molar-refractivity contribution in [2.24, 2.45) is 5.92 Å². The molecule has 1 aromatic carbocycles. The number of ketones is 1. The van der Waals surface area contributed by atoms with Gasteiger partial charge >= 0.3 is 0 Å². The number of rotatable bonds is 8. The Morgan fingerprint density at radius 3 is 2.66 bits per heavy atom. The first-order valence-corrected chi connectivity index (χ1v) is 11.3. The number of carbonyl (C=O) groups is 3. The van der Waals surface area contributed by atoms with E-state index in [0.717, 1.165) is 6.26 Å². The van der Waals surface area contributed by atoms with Gasteiger partial charge in [0.2, 0.25) is 5.91 Å². The molecule has 0 unspecified atom stereocenters. The van der Waals surface area contributed by atoms with Crippen LogP contribution in [0, 0.1) is 11.7 Å². The number of ether oxygens (including phenoxy) is 1. The summed E-state index contributed by atoms with van der Waals surface area (Å²) in [6.45, 7) is 1.60. The second-order valence-corrected chi connectivity index (χ2v) is 9.31. The molecule has 0 aromatic heterocycles. The Bertz CT molecular complexity index is 873. The number of hydrogen-bond acceptors (Lipinski definition) is 6. The summed E-state index contributed by atoms with van der Waals surface area (Å²) in [6, 6.07) is 4.79. The zero-order chi connectivity index (χ0) is 21.6. The summed E-state index contributed by atoms with van der Waals surface area (Å²) in [4.78, 5) is 38.2. The molecule has 0 aliphatic carbocycles. The molecule has 1 heterocycles. The monoisotopic (exact) mass is 428 g/mol. The minimum absolute atomic E-state index is 0.0649. The number of halogens is 1. The van der Waals surface area contributed by atoms with Crippen LogP contribution in [0.4, 0.5) is 4.39 Å². The molecule has 1 N–H and O–H groups in total. The molecule has 10 heteroatoms. The molecule has 1 aliphatic rings. The molecule has 1 aromatic rings. The molecule has 0 saturated carbocycles. The first-order valence-electron chi connectivity index (χ1n) is 9.22. The molecule has 2 atom stereocenters. The van der Waals surface area contributed by atoms with Gasteiger partial charge in [-0.3, -0.25) is 14.4 Å². The van der Waals surface area contributed by atoms with Crippen LogP contribution in [0.2, 0.25) is 0 Å². The predicted octanol–water partition coefficient (Wildman–Crippen LogP) is 0.562. The van der Waals surface area contributed by atoms with Crippen LogP contribution in [-0.4, -0.2) is 68.7 Å². The molecule has 8 nitrogen and oxygen atoms in total. The Morgan fingerprint density at radius 1 is 1.31 bits per heavy atom. The summed E-state index contributed by atoms with van der Waals surface area (Å²) in [5.41, 5.74) is 0. The van der Waals surface area contributed by atoms with Crippen molar-refractivity contribution in [3.05, 3.63) is 30.1 Å². The summed E-state index contributed by atoms with van der Waals surface area (Å²) in [5, 5.41) is 2.49. The highest BCUT2D eigenvalue weighted by Gasteiger charge is 2.31. The lowest BCUT2D eigenvalue weighted by Crippen LogP contribution is -2.51. The first kappa shape index (κ1) is 22.8. The molecule has 2 rings (SSSR count). The Hall–Kier alpha value is -2.49. The van der Waals surface area contributed by atoms with Crippen LogP contribution in [0.1, 0.15) is 19.8 Å². The fraction of sp³-hybridized carbons (Fsp3) is 0.526. The van der Waals surface area contributed by atoms with Crippen molar-refractivity contribution in [2.45, 2.75) is 25.8 Å². The maximum Gasteiger partial charge on any atom is 0.258 e. The number of Topliss-reactive ketones (excluding diaryl/α,β-unsaturated/α-hetero) is 1. The van der Waals surface area contributed by atoms with E-state index in [0.29, 0.717) is 19.4 Å². The van der Waals surface area contributed by atoms with E-state index >= 15 is 0 Å². The smallest absolute Gasteiger partial charge is 0.258 e. The molecule has 1 saturated heterocycles. The van der Waals surface area contributed by atoms with Crippen molar-refractivity contribution in [1.82, 2.24) is 10.2 Å². The third kappa shape index (κ3) is 7.12. The number of hydrogen-bond donors (Lipinski definition) is 1. The van der Waals surface area contributed by atoms with E-state index in [1.54, 1.807) is 6.07 Å². The molecular weight excluding hydrogens is 403 g/mol. The van der Waals surface area contributed by atoms with Crippen molar-refractivity contribution in [2.75, 3.05) is 31.7 Å². The van der Waals surface area contributed by atoms with Crippen LogP contribution in [-0.2, 0) is 24.2 Å². The number of carbonyl (C=O) groups excluding carboxylic acids is 3. The molecule has 2 amide bonds. The number of nitrogens with zero attached hydrogens (tertiary/aromatic N) is 1. The van der Waals surface area contributed by atoms with Gasteiger partial charge in [0.25, 0.3) is 5.91 Å². The third-order valence-corrected chi connectivity index (χ3v) is 5.35. The van der Waals surface area contributed by atoms with E-state index in [2.05, 4.69) is 5.32 Å². The van der Waals surface area contributed by atoms with E-state index in [-0.39, 0.29) is 18.2 Å². The number of nitrogens with one attached hydrogen (secondary N) is 1. The predicted molar refractivity (Wildman–Crippen MR) is 104 cm³/mol. The molecule has 160 valence electrons. The standard InChI is InChI=1S/C19H25FN2O6S/c1-13(21-18(24)11-28-17-8-4-3-7-15(17)20)19(25)22-9-5-6-14(10-22)16(23)12-29(2,26)27/h3-4,7-8,13-14H,5-6,9-12H2,1-2H3,(H,21,24)/t13-,14+/m1/s1. The topological polar surface area (TPSA) is 110 Å². The zero-order valence-corrected chi connectivity index (χ0v) is 17.2. The average molecular weight is 428 g/mol. The minimum atomic E-state index is -3.43. The minimum Gasteiger partial charge on any atom is -0.481 e. The number of sulfone groups is 1. The van der Waals surface area contributed by atoms with E-state index < -0.39 is 51.7 Å². The summed E-state index contributed by atoms with van der Waals surface area (Å²) in [7, 11) is -3.43. The number of benzene rings is 1. The normalized spacial score (nSPS) is 18.0. The van der Waals surface area contributed by atoms with Crippen LogP contribution in [0.3, 0.4) is 0 Å². The van der Waals surface area contributed by atoms with Crippen LogP contribution in [0.25, 0.3) is 0 Å². The first-order chi connectivity index (χ1) is 13.6. The van der Waals surface area contributed by atoms with Crippen LogP contribution in [0.5, 0.6) is 5.75 Å². The fourth-order valence-electron chi connectivity index (χ4n) is 3.14. The van der Waals surface area contributed by atoms with E-state index in [1.165, 1.54) is 30.0 Å². The van der Waals surface area contributed by atoms with Gasteiger partial charge in [-0.15, -0.1) is 0 Å². The van der Waals surface area contributed by atoms with Gasteiger partial charge in [-0.05, 0) is 31.9 Å². The van der Waals surface area contributed by atoms with Crippen molar-refractivity contribution in [3.8, 4) is 5.75 Å². The van der Waals surface area contributed by atoms with Crippen molar-refractivity contribution < 1.29 is 31.9 Å². The molecule has 0 spiro atoms. The summed E-state index contributed by atoms with van der Waals surface area (Å²) in [5.74, 6) is -3.10.